The van der Waals surface area contributed by atoms with Crippen LogP contribution in [0.25, 0.3) is 0 Å². The van der Waals surface area contributed by atoms with Crippen LogP contribution >= 0.6 is 0 Å². The maximum Gasteiger partial charge on any atom is 0.267 e. The van der Waals surface area contributed by atoms with Crippen LogP contribution in [-0.2, 0) is 4.79 Å². The van der Waals surface area contributed by atoms with Crippen LogP contribution in [0.5, 0.6) is 11.5 Å². The molecule has 1 amide bonds. The molecular formula is C22H25N5O2. The lowest BCUT2D eigenvalue weighted by molar-refractivity contribution is -0.112. The number of amides is 1. The summed E-state index contributed by atoms with van der Waals surface area (Å²) in [5, 5.41) is 18.4. The van der Waals surface area contributed by atoms with Crippen molar-refractivity contribution in [3.05, 3.63) is 66.4 Å². The molecule has 7 heteroatoms. The van der Waals surface area contributed by atoms with Gasteiger partial charge in [0.25, 0.3) is 5.91 Å². The number of carbonyl (C=O) groups is 1. The summed E-state index contributed by atoms with van der Waals surface area (Å²) in [4.78, 5) is 14.7. The average molecular weight is 391 g/mol. The molecule has 1 aliphatic rings. The predicted molar refractivity (Wildman–Crippen MR) is 113 cm³/mol. The van der Waals surface area contributed by atoms with E-state index in [2.05, 4.69) is 20.9 Å². The molecule has 1 saturated heterocycles. The molecule has 7 nitrogen and oxygen atoms in total. The molecule has 0 unspecified atom stereocenters. The van der Waals surface area contributed by atoms with Gasteiger partial charge in [0.15, 0.2) is 0 Å². The van der Waals surface area contributed by atoms with Gasteiger partial charge in [-0.15, -0.1) is 0 Å². The number of rotatable bonds is 8. The lowest BCUT2D eigenvalue weighted by atomic mass is 10.2. The Labute approximate surface area is 171 Å². The first-order chi connectivity index (χ1) is 14.2. The number of nitriles is 1. The van der Waals surface area contributed by atoms with Gasteiger partial charge in [-0.25, -0.2) is 0 Å². The van der Waals surface area contributed by atoms with Gasteiger partial charge in [0.05, 0.1) is 0 Å². The van der Waals surface area contributed by atoms with Gasteiger partial charge in [-0.1, -0.05) is 18.2 Å². The minimum Gasteiger partial charge on any atom is -0.457 e. The molecule has 3 rings (SSSR count). The summed E-state index contributed by atoms with van der Waals surface area (Å²) in [5.74, 6) is 0.963. The van der Waals surface area contributed by atoms with Crippen LogP contribution in [0, 0.1) is 11.3 Å². The van der Waals surface area contributed by atoms with Crippen LogP contribution in [0.2, 0.25) is 0 Å². The molecule has 0 saturated carbocycles. The number of hydrogen-bond acceptors (Lipinski definition) is 6. The highest BCUT2D eigenvalue weighted by atomic mass is 16.5. The summed E-state index contributed by atoms with van der Waals surface area (Å²) in [7, 11) is 0. The van der Waals surface area contributed by atoms with Gasteiger partial charge >= 0.3 is 0 Å². The first-order valence-corrected chi connectivity index (χ1v) is 9.65. The Hall–Kier alpha value is -3.34. The highest BCUT2D eigenvalue weighted by molar-refractivity contribution is 6.06. The Morgan fingerprint density at radius 3 is 2.48 bits per heavy atom. The molecule has 0 aromatic heterocycles. The van der Waals surface area contributed by atoms with Gasteiger partial charge in [-0.05, 0) is 36.4 Å². The van der Waals surface area contributed by atoms with Gasteiger partial charge in [0.1, 0.15) is 23.1 Å². The molecule has 29 heavy (non-hydrogen) atoms. The van der Waals surface area contributed by atoms with E-state index in [-0.39, 0.29) is 5.57 Å². The lowest BCUT2D eigenvalue weighted by Gasteiger charge is -2.26. The van der Waals surface area contributed by atoms with E-state index in [0.717, 1.165) is 38.5 Å². The fraction of sp³-hybridized carbons (Fsp3) is 0.273. The van der Waals surface area contributed by atoms with Crippen molar-refractivity contribution in [2.24, 2.45) is 0 Å². The van der Waals surface area contributed by atoms with E-state index >= 15 is 0 Å². The number of nitrogens with one attached hydrogen (secondary N) is 3. The number of benzene rings is 2. The molecule has 1 fully saturated rings. The maximum absolute atomic E-state index is 12.3. The number of hydrogen-bond donors (Lipinski definition) is 3. The molecule has 0 atom stereocenters. The number of piperazine rings is 1. The Balaban J connectivity index is 1.47. The van der Waals surface area contributed by atoms with E-state index in [1.54, 1.807) is 24.3 Å². The second-order valence-electron chi connectivity index (χ2n) is 6.61. The van der Waals surface area contributed by atoms with Crippen molar-refractivity contribution in [1.29, 1.82) is 5.26 Å². The van der Waals surface area contributed by atoms with Crippen molar-refractivity contribution in [2.75, 3.05) is 44.6 Å². The SMILES string of the molecule is N#C/C(=C/NCCN1CCNCC1)C(=O)Nc1ccc(Oc2ccccc2)cc1. The summed E-state index contributed by atoms with van der Waals surface area (Å²) in [5.41, 5.74) is 0.632. The first kappa shape index (κ1) is 20.4. The van der Waals surface area contributed by atoms with Crippen LogP contribution < -0.4 is 20.7 Å². The minimum absolute atomic E-state index is 0.0370. The summed E-state index contributed by atoms with van der Waals surface area (Å²) >= 11 is 0. The lowest BCUT2D eigenvalue weighted by Crippen LogP contribution is -2.45. The average Bonchev–Trinajstić information content (AvgIpc) is 2.76. The van der Waals surface area contributed by atoms with Gasteiger partial charge in [0.2, 0.25) is 0 Å². The fourth-order valence-corrected chi connectivity index (χ4v) is 2.91. The van der Waals surface area contributed by atoms with Crippen molar-refractivity contribution in [3.8, 4) is 17.6 Å². The summed E-state index contributed by atoms with van der Waals surface area (Å²) in [6, 6.07) is 18.4. The molecule has 0 bridgehead atoms. The second-order valence-corrected chi connectivity index (χ2v) is 6.61. The molecular weight excluding hydrogens is 366 g/mol. The summed E-state index contributed by atoms with van der Waals surface area (Å²) in [6.45, 7) is 5.58. The minimum atomic E-state index is -0.445. The number of para-hydroxylation sites is 1. The van der Waals surface area contributed by atoms with Gasteiger partial charge in [-0.2, -0.15) is 5.26 Å². The normalized spacial score (nSPS) is 14.7. The number of nitrogens with zero attached hydrogens (tertiary/aromatic N) is 2. The number of anilines is 1. The largest absolute Gasteiger partial charge is 0.457 e. The molecule has 0 radical (unpaired) electrons. The quantitative estimate of drug-likeness (QED) is 0.364. The first-order valence-electron chi connectivity index (χ1n) is 9.65. The van der Waals surface area contributed by atoms with Crippen LogP contribution in [0.15, 0.2) is 66.4 Å². The molecule has 1 heterocycles. The third-order valence-electron chi connectivity index (χ3n) is 4.48. The van der Waals surface area contributed by atoms with E-state index in [4.69, 9.17) is 4.74 Å². The van der Waals surface area contributed by atoms with E-state index in [1.807, 2.05) is 36.4 Å². The van der Waals surface area contributed by atoms with E-state index in [1.165, 1.54) is 6.20 Å². The maximum atomic E-state index is 12.3. The highest BCUT2D eigenvalue weighted by Gasteiger charge is 2.11. The zero-order valence-corrected chi connectivity index (χ0v) is 16.2. The highest BCUT2D eigenvalue weighted by Crippen LogP contribution is 2.22. The van der Waals surface area contributed by atoms with Gasteiger partial charge in [0, 0.05) is 51.2 Å². The molecule has 2 aromatic rings. The number of ether oxygens (including phenoxy) is 1. The summed E-state index contributed by atoms with van der Waals surface area (Å²) in [6.07, 6.45) is 1.48. The van der Waals surface area contributed by atoms with Crippen molar-refractivity contribution in [2.45, 2.75) is 0 Å². The third-order valence-corrected chi connectivity index (χ3v) is 4.48. The monoisotopic (exact) mass is 391 g/mol. The van der Waals surface area contributed by atoms with Crippen molar-refractivity contribution in [1.82, 2.24) is 15.5 Å². The molecule has 1 aliphatic heterocycles. The van der Waals surface area contributed by atoms with Crippen molar-refractivity contribution in [3.63, 3.8) is 0 Å². The van der Waals surface area contributed by atoms with Crippen molar-refractivity contribution < 1.29 is 9.53 Å². The number of carbonyl (C=O) groups excluding carboxylic acids is 1. The molecule has 0 aliphatic carbocycles. The topological polar surface area (TPSA) is 89.4 Å². The fourth-order valence-electron chi connectivity index (χ4n) is 2.91. The van der Waals surface area contributed by atoms with Crippen LogP contribution in [0.3, 0.4) is 0 Å². The standard InChI is InChI=1S/C22H25N5O2/c23-16-18(17-25-12-15-27-13-10-24-11-14-27)22(28)26-19-6-8-21(9-7-19)29-20-4-2-1-3-5-20/h1-9,17,24-25H,10-15H2,(H,26,28)/b18-17-. The molecule has 0 spiro atoms. The second kappa shape index (κ2) is 10.9. The van der Waals surface area contributed by atoms with E-state index < -0.39 is 5.91 Å². The Kier molecular flexibility index (Phi) is 7.63. The van der Waals surface area contributed by atoms with Crippen LogP contribution in [-0.4, -0.2) is 50.1 Å². The molecule has 3 N–H and O–H groups in total. The van der Waals surface area contributed by atoms with Crippen LogP contribution in [0.1, 0.15) is 0 Å². The zero-order chi connectivity index (χ0) is 20.3. The Morgan fingerprint density at radius 1 is 1.10 bits per heavy atom. The van der Waals surface area contributed by atoms with Crippen LogP contribution in [0.4, 0.5) is 5.69 Å². The summed E-state index contributed by atoms with van der Waals surface area (Å²) < 4.78 is 5.73. The Bertz CT molecular complexity index is 853. The zero-order valence-electron chi connectivity index (χ0n) is 16.2. The Morgan fingerprint density at radius 2 is 1.79 bits per heavy atom. The molecule has 150 valence electrons. The van der Waals surface area contributed by atoms with E-state index in [0.29, 0.717) is 18.0 Å². The van der Waals surface area contributed by atoms with Crippen molar-refractivity contribution >= 4 is 11.6 Å². The molecule has 2 aromatic carbocycles. The third kappa shape index (κ3) is 6.64. The van der Waals surface area contributed by atoms with Gasteiger partial charge < -0.3 is 20.7 Å². The predicted octanol–water partition coefficient (Wildman–Crippen LogP) is 2.32. The van der Waals surface area contributed by atoms with E-state index in [9.17, 15) is 10.1 Å². The van der Waals surface area contributed by atoms with Gasteiger partial charge in [-0.3, -0.25) is 9.69 Å². The smallest absolute Gasteiger partial charge is 0.267 e.